The first-order chi connectivity index (χ1) is 13.0. The Hall–Kier alpha value is -2.45. The summed E-state index contributed by atoms with van der Waals surface area (Å²) in [6.45, 7) is 7.86. The van der Waals surface area contributed by atoms with Crippen molar-refractivity contribution in [3.8, 4) is 11.3 Å². The molecule has 3 heterocycles. The first-order valence-corrected chi connectivity index (χ1v) is 9.14. The zero-order valence-electron chi connectivity index (χ0n) is 16.3. The van der Waals surface area contributed by atoms with Crippen molar-refractivity contribution in [3.05, 3.63) is 29.5 Å². The predicted octanol–water partition coefficient (Wildman–Crippen LogP) is 4.01. The third-order valence-electron chi connectivity index (χ3n) is 4.79. The van der Waals surface area contributed by atoms with Crippen LogP contribution < -0.4 is 0 Å². The van der Waals surface area contributed by atoms with Gasteiger partial charge in [-0.05, 0) is 19.8 Å². The van der Waals surface area contributed by atoms with Crippen molar-refractivity contribution in [1.29, 1.82) is 0 Å². The van der Waals surface area contributed by atoms with Crippen LogP contribution in [0.2, 0.25) is 0 Å². The second kappa shape index (κ2) is 7.18. The lowest BCUT2D eigenvalue weighted by molar-refractivity contribution is -0.186. The first kappa shape index (κ1) is 20.3. The quantitative estimate of drug-likeness (QED) is 0.767. The van der Waals surface area contributed by atoms with Crippen LogP contribution in [0.5, 0.6) is 0 Å². The Balaban J connectivity index is 1.91. The molecule has 0 saturated carbocycles. The highest BCUT2D eigenvalue weighted by atomic mass is 19.4. The summed E-state index contributed by atoms with van der Waals surface area (Å²) >= 11 is 0. The van der Waals surface area contributed by atoms with Crippen LogP contribution in [0.3, 0.4) is 0 Å². The van der Waals surface area contributed by atoms with Crippen molar-refractivity contribution in [2.24, 2.45) is 0 Å². The number of piperidine rings is 1. The molecule has 0 spiro atoms. The van der Waals surface area contributed by atoms with E-state index in [0.29, 0.717) is 35.7 Å². The Morgan fingerprint density at radius 1 is 1.21 bits per heavy atom. The molecule has 152 valence electrons. The van der Waals surface area contributed by atoms with E-state index in [4.69, 9.17) is 9.51 Å². The zero-order chi connectivity index (χ0) is 20.7. The van der Waals surface area contributed by atoms with Gasteiger partial charge in [0.15, 0.2) is 5.76 Å². The van der Waals surface area contributed by atoms with E-state index >= 15 is 0 Å². The van der Waals surface area contributed by atoms with Crippen LogP contribution in [0.25, 0.3) is 11.3 Å². The summed E-state index contributed by atoms with van der Waals surface area (Å²) < 4.78 is 43.5. The van der Waals surface area contributed by atoms with E-state index < -0.39 is 12.1 Å². The Labute approximate surface area is 161 Å². The molecule has 0 N–H and O–H groups in total. The summed E-state index contributed by atoms with van der Waals surface area (Å²) in [6.07, 6.45) is -2.37. The maximum Gasteiger partial charge on any atom is 0.471 e. The topological polar surface area (TPSA) is 72.1 Å². The lowest BCUT2D eigenvalue weighted by Crippen LogP contribution is -2.45. The molecule has 2 aromatic rings. The number of likely N-dealkylation sites (tertiary alicyclic amines) is 1. The number of carbonyl (C=O) groups is 1. The number of aryl methyl sites for hydroxylation is 1. The molecule has 0 aliphatic carbocycles. The van der Waals surface area contributed by atoms with Crippen LogP contribution in [-0.4, -0.2) is 45.2 Å². The molecule has 2 aromatic heterocycles. The van der Waals surface area contributed by atoms with E-state index in [2.05, 4.69) is 10.1 Å². The van der Waals surface area contributed by atoms with Crippen molar-refractivity contribution in [1.82, 2.24) is 20.0 Å². The Morgan fingerprint density at radius 3 is 2.36 bits per heavy atom. The van der Waals surface area contributed by atoms with Crippen molar-refractivity contribution in [2.75, 3.05) is 13.1 Å². The minimum Gasteiger partial charge on any atom is -0.356 e. The molecule has 0 aromatic carbocycles. The monoisotopic (exact) mass is 396 g/mol. The number of hydrogen-bond donors (Lipinski definition) is 0. The molecule has 0 unspecified atom stereocenters. The molecular formula is C19H23F3N4O2. The lowest BCUT2D eigenvalue weighted by atomic mass is 9.89. The molecule has 1 fully saturated rings. The van der Waals surface area contributed by atoms with E-state index in [-0.39, 0.29) is 24.4 Å². The van der Waals surface area contributed by atoms with Crippen LogP contribution in [-0.2, 0) is 10.2 Å². The Bertz CT molecular complexity index is 863. The van der Waals surface area contributed by atoms with Crippen LogP contribution in [0, 0.1) is 6.92 Å². The van der Waals surface area contributed by atoms with Gasteiger partial charge in [-0.25, -0.2) is 9.97 Å². The van der Waals surface area contributed by atoms with Gasteiger partial charge in [0, 0.05) is 36.7 Å². The molecule has 1 aliphatic heterocycles. The summed E-state index contributed by atoms with van der Waals surface area (Å²) in [5.41, 5.74) is 1.85. The molecular weight excluding hydrogens is 373 g/mol. The minimum absolute atomic E-state index is 0.0345. The highest BCUT2D eigenvalue weighted by Gasteiger charge is 2.43. The van der Waals surface area contributed by atoms with Gasteiger partial charge in [0.25, 0.3) is 0 Å². The number of alkyl halides is 3. The van der Waals surface area contributed by atoms with E-state index in [1.807, 2.05) is 20.8 Å². The van der Waals surface area contributed by atoms with Crippen LogP contribution in [0.4, 0.5) is 13.2 Å². The maximum absolute atomic E-state index is 12.7. The summed E-state index contributed by atoms with van der Waals surface area (Å²) in [4.78, 5) is 21.6. The number of rotatable bonds is 2. The van der Waals surface area contributed by atoms with Gasteiger partial charge in [-0.3, -0.25) is 4.79 Å². The molecule has 0 radical (unpaired) electrons. The van der Waals surface area contributed by atoms with E-state index in [9.17, 15) is 18.0 Å². The summed E-state index contributed by atoms with van der Waals surface area (Å²) in [5.74, 6) is -0.699. The maximum atomic E-state index is 12.7. The summed E-state index contributed by atoms with van der Waals surface area (Å²) in [5, 5.41) is 3.90. The van der Waals surface area contributed by atoms with Gasteiger partial charge in [0.1, 0.15) is 5.82 Å². The van der Waals surface area contributed by atoms with Crippen molar-refractivity contribution < 1.29 is 22.5 Å². The third kappa shape index (κ3) is 4.18. The number of amides is 1. The molecule has 28 heavy (non-hydrogen) atoms. The fourth-order valence-corrected chi connectivity index (χ4v) is 3.28. The molecule has 9 heteroatoms. The van der Waals surface area contributed by atoms with Crippen LogP contribution in [0.15, 0.2) is 16.8 Å². The molecule has 3 rings (SSSR count). The largest absolute Gasteiger partial charge is 0.471 e. The van der Waals surface area contributed by atoms with E-state index in [1.165, 1.54) is 0 Å². The van der Waals surface area contributed by atoms with Crippen molar-refractivity contribution in [3.63, 3.8) is 0 Å². The second-order valence-electron chi connectivity index (χ2n) is 8.14. The van der Waals surface area contributed by atoms with Gasteiger partial charge in [0.05, 0.1) is 17.0 Å². The highest BCUT2D eigenvalue weighted by molar-refractivity contribution is 5.82. The predicted molar refractivity (Wildman–Crippen MR) is 95.6 cm³/mol. The van der Waals surface area contributed by atoms with Gasteiger partial charge in [0.2, 0.25) is 0 Å². The molecule has 1 saturated heterocycles. The Kier molecular flexibility index (Phi) is 5.20. The lowest BCUT2D eigenvalue weighted by Gasteiger charge is -2.33. The van der Waals surface area contributed by atoms with E-state index in [0.717, 1.165) is 10.6 Å². The smallest absolute Gasteiger partial charge is 0.356 e. The number of aromatic nitrogens is 3. The minimum atomic E-state index is -4.84. The van der Waals surface area contributed by atoms with Gasteiger partial charge < -0.3 is 9.42 Å². The number of halogens is 3. The average Bonchev–Trinajstić information content (AvgIpc) is 3.05. The number of nitrogens with zero attached hydrogens (tertiary/aromatic N) is 4. The summed E-state index contributed by atoms with van der Waals surface area (Å²) in [7, 11) is 0. The van der Waals surface area contributed by atoms with Crippen molar-refractivity contribution in [2.45, 2.75) is 58.0 Å². The molecule has 0 atom stereocenters. The standard InChI is InChI=1S/C19H23F3N4O2/c1-11-9-14(28-25-11)13-10-23-16(18(2,3)4)24-15(13)12-5-7-26(8-6-12)17(27)19(20,21)22/h9-10,12H,5-8H2,1-4H3. The number of hydrogen-bond acceptors (Lipinski definition) is 5. The van der Waals surface area contributed by atoms with E-state index in [1.54, 1.807) is 19.2 Å². The zero-order valence-corrected chi connectivity index (χ0v) is 16.3. The fraction of sp³-hybridized carbons (Fsp3) is 0.579. The van der Waals surface area contributed by atoms with Gasteiger partial charge >= 0.3 is 12.1 Å². The fourth-order valence-electron chi connectivity index (χ4n) is 3.28. The second-order valence-corrected chi connectivity index (χ2v) is 8.14. The highest BCUT2D eigenvalue weighted by Crippen LogP contribution is 2.36. The van der Waals surface area contributed by atoms with Crippen LogP contribution >= 0.6 is 0 Å². The third-order valence-corrected chi connectivity index (χ3v) is 4.79. The molecule has 1 aliphatic rings. The number of carbonyl (C=O) groups excluding carboxylic acids is 1. The Morgan fingerprint density at radius 2 is 1.86 bits per heavy atom. The van der Waals surface area contributed by atoms with Gasteiger partial charge in [-0.1, -0.05) is 25.9 Å². The average molecular weight is 396 g/mol. The molecule has 6 nitrogen and oxygen atoms in total. The van der Waals surface area contributed by atoms with Crippen LogP contribution in [0.1, 0.15) is 56.7 Å². The molecule has 0 bridgehead atoms. The van der Waals surface area contributed by atoms with Crippen molar-refractivity contribution >= 4 is 5.91 Å². The normalized spacial score (nSPS) is 16.5. The SMILES string of the molecule is Cc1cc(-c2cnc(C(C)(C)C)nc2C2CCN(C(=O)C(F)(F)F)CC2)on1. The molecule has 1 amide bonds. The summed E-state index contributed by atoms with van der Waals surface area (Å²) in [6, 6.07) is 1.78. The first-order valence-electron chi connectivity index (χ1n) is 9.14. The van der Waals surface area contributed by atoms with Gasteiger partial charge in [-0.2, -0.15) is 13.2 Å². The van der Waals surface area contributed by atoms with Gasteiger partial charge in [-0.15, -0.1) is 0 Å².